The molecule has 1 fully saturated rings. The van der Waals surface area contributed by atoms with Crippen LogP contribution in [0.1, 0.15) is 18.1 Å². The summed E-state index contributed by atoms with van der Waals surface area (Å²) in [5.74, 6) is 0. The zero-order valence-corrected chi connectivity index (χ0v) is 13.8. The van der Waals surface area contributed by atoms with Crippen molar-refractivity contribution in [2.75, 3.05) is 32.8 Å². The molecule has 23 heavy (non-hydrogen) atoms. The molecule has 2 heterocycles. The molecule has 5 heteroatoms. The van der Waals surface area contributed by atoms with Gasteiger partial charge in [0.05, 0.1) is 25.5 Å². The summed E-state index contributed by atoms with van der Waals surface area (Å²) in [7, 11) is 0. The van der Waals surface area contributed by atoms with Gasteiger partial charge in [0.1, 0.15) is 0 Å². The first-order valence-corrected chi connectivity index (χ1v) is 8.43. The average molecular weight is 314 g/mol. The number of morpholine rings is 1. The molecule has 0 radical (unpaired) electrons. The molecule has 1 aromatic carbocycles. The summed E-state index contributed by atoms with van der Waals surface area (Å²) in [5, 5.41) is 7.93. The first-order chi connectivity index (χ1) is 11.3. The van der Waals surface area contributed by atoms with E-state index in [0.717, 1.165) is 45.9 Å². The van der Waals surface area contributed by atoms with Crippen LogP contribution in [0.2, 0.25) is 0 Å². The highest BCUT2D eigenvalue weighted by Gasteiger charge is 2.18. The molecule has 1 unspecified atom stereocenters. The van der Waals surface area contributed by atoms with Crippen molar-refractivity contribution >= 4 is 0 Å². The lowest BCUT2D eigenvalue weighted by molar-refractivity contribution is -0.0253. The van der Waals surface area contributed by atoms with Gasteiger partial charge in [0.25, 0.3) is 0 Å². The molecule has 0 amide bonds. The minimum atomic E-state index is 0.295. The maximum Gasteiger partial charge on any atom is 0.0826 e. The summed E-state index contributed by atoms with van der Waals surface area (Å²) in [6.45, 7) is 8.77. The molecular formula is C18H26N4O. The second kappa shape index (κ2) is 8.24. The quantitative estimate of drug-likeness (QED) is 0.845. The van der Waals surface area contributed by atoms with Crippen LogP contribution in [0, 0.1) is 0 Å². The highest BCUT2D eigenvalue weighted by Crippen LogP contribution is 2.06. The van der Waals surface area contributed by atoms with Crippen LogP contribution in [0.4, 0.5) is 0 Å². The number of hydrogen-bond acceptors (Lipinski definition) is 4. The fraction of sp³-hybridized carbons (Fsp3) is 0.500. The van der Waals surface area contributed by atoms with E-state index in [2.05, 4.69) is 52.7 Å². The summed E-state index contributed by atoms with van der Waals surface area (Å²) in [6.07, 6.45) is 4.35. The third-order valence-corrected chi connectivity index (χ3v) is 4.25. The molecular weight excluding hydrogens is 288 g/mol. The predicted molar refractivity (Wildman–Crippen MR) is 91.3 cm³/mol. The van der Waals surface area contributed by atoms with Crippen LogP contribution in [0.5, 0.6) is 0 Å². The van der Waals surface area contributed by atoms with E-state index in [1.54, 1.807) is 0 Å². The van der Waals surface area contributed by atoms with Crippen molar-refractivity contribution in [2.24, 2.45) is 0 Å². The van der Waals surface area contributed by atoms with Crippen molar-refractivity contribution in [1.82, 2.24) is 20.0 Å². The predicted octanol–water partition coefficient (Wildman–Crippen LogP) is 1.74. The number of benzene rings is 1. The molecule has 1 atom stereocenters. The Labute approximate surface area is 138 Å². The Bertz CT molecular complexity index is 584. The molecule has 1 saturated heterocycles. The average Bonchev–Trinajstić information content (AvgIpc) is 3.03. The normalized spacial score (nSPS) is 19.1. The van der Waals surface area contributed by atoms with Crippen LogP contribution in [-0.4, -0.2) is 53.6 Å². The van der Waals surface area contributed by atoms with Crippen LogP contribution in [-0.2, 0) is 17.8 Å². The number of nitrogens with one attached hydrogen (secondary N) is 1. The number of likely N-dealkylation sites (N-methyl/N-ethyl adjacent to an activating group) is 1. The zero-order valence-electron chi connectivity index (χ0n) is 13.8. The molecule has 0 aliphatic carbocycles. The van der Waals surface area contributed by atoms with Crippen molar-refractivity contribution in [2.45, 2.75) is 26.1 Å². The van der Waals surface area contributed by atoms with Crippen LogP contribution < -0.4 is 5.32 Å². The Kier molecular flexibility index (Phi) is 5.80. The van der Waals surface area contributed by atoms with E-state index in [1.807, 2.05) is 16.9 Å². The van der Waals surface area contributed by atoms with E-state index in [-0.39, 0.29) is 0 Å². The molecule has 1 aliphatic rings. The second-order valence-corrected chi connectivity index (χ2v) is 6.05. The largest absolute Gasteiger partial charge is 0.374 e. The maximum absolute atomic E-state index is 5.81. The van der Waals surface area contributed by atoms with Gasteiger partial charge in [-0.1, -0.05) is 37.3 Å². The first-order valence-electron chi connectivity index (χ1n) is 8.43. The van der Waals surface area contributed by atoms with Crippen LogP contribution in [0.15, 0.2) is 42.7 Å². The van der Waals surface area contributed by atoms with Gasteiger partial charge in [0.15, 0.2) is 0 Å². The molecule has 3 rings (SSSR count). The van der Waals surface area contributed by atoms with Gasteiger partial charge in [0, 0.05) is 37.9 Å². The molecule has 2 aromatic rings. The van der Waals surface area contributed by atoms with Gasteiger partial charge >= 0.3 is 0 Å². The number of rotatable bonds is 7. The SMILES string of the molecule is CCN1CCOC(CNCc2cnn(Cc3ccccc3)c2)C1. The third kappa shape index (κ3) is 4.89. The van der Waals surface area contributed by atoms with Crippen LogP contribution in [0.25, 0.3) is 0 Å². The number of hydrogen-bond donors (Lipinski definition) is 1. The molecule has 0 spiro atoms. The smallest absolute Gasteiger partial charge is 0.0826 e. The van der Waals surface area contributed by atoms with Crippen molar-refractivity contribution < 1.29 is 4.74 Å². The highest BCUT2D eigenvalue weighted by molar-refractivity contribution is 5.15. The fourth-order valence-corrected chi connectivity index (χ4v) is 2.92. The van der Waals surface area contributed by atoms with Crippen LogP contribution >= 0.6 is 0 Å². The first kappa shape index (κ1) is 16.2. The summed E-state index contributed by atoms with van der Waals surface area (Å²) < 4.78 is 7.80. The monoisotopic (exact) mass is 314 g/mol. The standard InChI is InChI=1S/C18H26N4O/c1-2-21-8-9-23-18(15-21)12-19-10-17-11-20-22(14-17)13-16-6-4-3-5-7-16/h3-7,11,14,18-19H,2,8-10,12-13,15H2,1H3. The van der Waals surface area contributed by atoms with E-state index in [0.29, 0.717) is 6.10 Å². The third-order valence-electron chi connectivity index (χ3n) is 4.25. The van der Waals surface area contributed by atoms with E-state index in [9.17, 15) is 0 Å². The minimum absolute atomic E-state index is 0.295. The Hall–Kier alpha value is -1.69. The molecule has 1 aromatic heterocycles. The Morgan fingerprint density at radius 2 is 2.13 bits per heavy atom. The lowest BCUT2D eigenvalue weighted by atomic mass is 10.2. The van der Waals surface area contributed by atoms with Gasteiger partial charge in [-0.2, -0.15) is 5.10 Å². The Morgan fingerprint density at radius 3 is 2.96 bits per heavy atom. The number of ether oxygens (including phenoxy) is 1. The molecule has 124 valence electrons. The second-order valence-electron chi connectivity index (χ2n) is 6.05. The Morgan fingerprint density at radius 1 is 1.26 bits per heavy atom. The van der Waals surface area contributed by atoms with Crippen LogP contribution in [0.3, 0.4) is 0 Å². The summed E-state index contributed by atoms with van der Waals surface area (Å²) in [4.78, 5) is 2.44. The molecule has 5 nitrogen and oxygen atoms in total. The lowest BCUT2D eigenvalue weighted by Gasteiger charge is -2.32. The summed E-state index contributed by atoms with van der Waals surface area (Å²) in [6, 6.07) is 10.4. The number of nitrogens with zero attached hydrogens (tertiary/aromatic N) is 3. The molecule has 0 bridgehead atoms. The maximum atomic E-state index is 5.81. The lowest BCUT2D eigenvalue weighted by Crippen LogP contribution is -2.46. The van der Waals surface area contributed by atoms with Gasteiger partial charge in [0.2, 0.25) is 0 Å². The van der Waals surface area contributed by atoms with Gasteiger partial charge in [-0.15, -0.1) is 0 Å². The van der Waals surface area contributed by atoms with Gasteiger partial charge in [-0.25, -0.2) is 0 Å². The molecule has 0 saturated carbocycles. The van der Waals surface area contributed by atoms with Crippen molar-refractivity contribution in [3.05, 3.63) is 53.9 Å². The minimum Gasteiger partial charge on any atom is -0.374 e. The van der Waals surface area contributed by atoms with Gasteiger partial charge in [-0.3, -0.25) is 9.58 Å². The summed E-state index contributed by atoms with van der Waals surface area (Å²) >= 11 is 0. The summed E-state index contributed by atoms with van der Waals surface area (Å²) in [5.41, 5.74) is 2.48. The van der Waals surface area contributed by atoms with Gasteiger partial charge in [-0.05, 0) is 12.1 Å². The molecule has 1 N–H and O–H groups in total. The van der Waals surface area contributed by atoms with Crippen molar-refractivity contribution in [1.29, 1.82) is 0 Å². The topological polar surface area (TPSA) is 42.3 Å². The Balaban J connectivity index is 1.42. The van der Waals surface area contributed by atoms with E-state index in [1.165, 1.54) is 11.1 Å². The highest BCUT2D eigenvalue weighted by atomic mass is 16.5. The van der Waals surface area contributed by atoms with E-state index < -0.39 is 0 Å². The van der Waals surface area contributed by atoms with Gasteiger partial charge < -0.3 is 10.1 Å². The van der Waals surface area contributed by atoms with E-state index >= 15 is 0 Å². The molecule has 1 aliphatic heterocycles. The fourth-order valence-electron chi connectivity index (χ4n) is 2.92. The zero-order chi connectivity index (χ0) is 15.9. The number of aromatic nitrogens is 2. The van der Waals surface area contributed by atoms with Crippen molar-refractivity contribution in [3.8, 4) is 0 Å². The van der Waals surface area contributed by atoms with Crippen molar-refractivity contribution in [3.63, 3.8) is 0 Å². The van der Waals surface area contributed by atoms with E-state index in [4.69, 9.17) is 4.74 Å².